The molecule has 16 nitrogen and oxygen atoms in total. The first-order valence-corrected chi connectivity index (χ1v) is 18.4. The maximum atomic E-state index is 12.4. The van der Waals surface area contributed by atoms with E-state index in [1.165, 1.54) is 13.2 Å². The number of fused-ring (bicyclic) bond motifs is 1. The minimum absolute atomic E-state index is 0.158. The van der Waals surface area contributed by atoms with E-state index in [2.05, 4.69) is 21.3 Å². The smallest absolute Gasteiger partial charge is 0.412 e. The standard InChI is InChI=1S/C22H27N5O5.C19H25N3O3/c1-31-19-14-15(6-8-18(19)32-22(30)26-13-11-24)7-9-20(28)27-17-5-3-2-4-16(17)21(29)25-12-10-23;1-13(18(23)3-2-8-20)14-4-5-16-12-17(7-6-15(16)11-14)25-19(24)22-10-9-21/h2-9,14H,10-13,23-24H2,1H3,(H,25,29)(H,26,30)(H,27,28);4-7,11-13H,2-3,8-10,20-21H2,1H3,(H,22,24)/b9-7+;/t;13-/m.1/s1. The molecule has 0 fully saturated rings. The fraction of sp³-hybridized carbons (Fsp3) is 0.293. The van der Waals surface area contributed by atoms with Gasteiger partial charge >= 0.3 is 12.2 Å². The minimum atomic E-state index is -0.648. The summed E-state index contributed by atoms with van der Waals surface area (Å²) in [7, 11) is 1.44. The zero-order chi connectivity index (χ0) is 41.6. The van der Waals surface area contributed by atoms with E-state index in [-0.39, 0.29) is 29.9 Å². The van der Waals surface area contributed by atoms with Gasteiger partial charge in [0.15, 0.2) is 11.5 Å². The van der Waals surface area contributed by atoms with E-state index in [4.69, 9.17) is 37.1 Å². The quantitative estimate of drug-likeness (QED) is 0.0675. The third-order valence-corrected chi connectivity index (χ3v) is 8.16. The van der Waals surface area contributed by atoms with Gasteiger partial charge in [-0.25, -0.2) is 9.59 Å². The third kappa shape index (κ3) is 15.0. The Morgan fingerprint density at radius 3 is 2.04 bits per heavy atom. The number of carbonyl (C=O) groups is 5. The van der Waals surface area contributed by atoms with E-state index in [1.54, 1.807) is 60.7 Å². The average Bonchev–Trinajstić information content (AvgIpc) is 3.22. The van der Waals surface area contributed by atoms with Crippen LogP contribution >= 0.6 is 0 Å². The molecule has 57 heavy (non-hydrogen) atoms. The molecule has 0 radical (unpaired) electrons. The van der Waals surface area contributed by atoms with Crippen LogP contribution in [0.2, 0.25) is 0 Å². The number of hydrogen-bond donors (Lipinski definition) is 8. The van der Waals surface area contributed by atoms with Crippen LogP contribution in [-0.2, 0) is 9.59 Å². The van der Waals surface area contributed by atoms with Crippen molar-refractivity contribution in [3.05, 3.63) is 102 Å². The molecule has 4 rings (SSSR count). The van der Waals surface area contributed by atoms with Crippen LogP contribution in [-0.4, -0.2) is 82.7 Å². The number of anilines is 1. The number of rotatable bonds is 18. The lowest BCUT2D eigenvalue weighted by Gasteiger charge is -2.12. The first-order valence-electron chi connectivity index (χ1n) is 18.4. The van der Waals surface area contributed by atoms with Gasteiger partial charge in [0, 0.05) is 57.7 Å². The number of ether oxygens (including phenoxy) is 3. The molecule has 0 bridgehead atoms. The molecule has 1 atom stereocenters. The van der Waals surface area contributed by atoms with Crippen LogP contribution in [0.4, 0.5) is 15.3 Å². The number of Topliss-reactive ketones (excluding diaryl/α,β-unsaturated/α-hetero) is 1. The molecular formula is C41H52N8O8. The number of hydrogen-bond acceptors (Lipinski definition) is 12. The number of methoxy groups -OCH3 is 1. The average molecular weight is 785 g/mol. The zero-order valence-corrected chi connectivity index (χ0v) is 32.2. The van der Waals surface area contributed by atoms with Gasteiger partial charge in [0.05, 0.1) is 18.4 Å². The van der Waals surface area contributed by atoms with Crippen molar-refractivity contribution >= 4 is 52.3 Å². The summed E-state index contributed by atoms with van der Waals surface area (Å²) in [5.41, 5.74) is 23.9. The lowest BCUT2D eigenvalue weighted by molar-refractivity contribution is -0.120. The predicted octanol–water partition coefficient (Wildman–Crippen LogP) is 3.38. The van der Waals surface area contributed by atoms with Crippen LogP contribution in [0.1, 0.15) is 47.2 Å². The van der Waals surface area contributed by atoms with Crippen molar-refractivity contribution in [1.82, 2.24) is 16.0 Å². The Morgan fingerprint density at radius 1 is 0.702 bits per heavy atom. The number of para-hydroxylation sites is 1. The van der Waals surface area contributed by atoms with Gasteiger partial charge in [-0.3, -0.25) is 14.4 Å². The van der Waals surface area contributed by atoms with Crippen molar-refractivity contribution in [1.29, 1.82) is 0 Å². The van der Waals surface area contributed by atoms with Crippen molar-refractivity contribution in [2.45, 2.75) is 25.7 Å². The lowest BCUT2D eigenvalue weighted by atomic mass is 9.92. The maximum absolute atomic E-state index is 12.4. The summed E-state index contributed by atoms with van der Waals surface area (Å²) in [5, 5.41) is 12.3. The molecule has 0 spiro atoms. The fourth-order valence-electron chi connectivity index (χ4n) is 5.17. The number of carbonyl (C=O) groups excluding carboxylic acids is 5. The van der Waals surface area contributed by atoms with Gasteiger partial charge in [0.1, 0.15) is 11.5 Å². The largest absolute Gasteiger partial charge is 0.493 e. The predicted molar refractivity (Wildman–Crippen MR) is 220 cm³/mol. The van der Waals surface area contributed by atoms with Crippen LogP contribution in [0.3, 0.4) is 0 Å². The Morgan fingerprint density at radius 2 is 1.35 bits per heavy atom. The molecule has 0 saturated heterocycles. The highest BCUT2D eigenvalue weighted by Crippen LogP contribution is 2.29. The van der Waals surface area contributed by atoms with Crippen molar-refractivity contribution in [3.8, 4) is 17.2 Å². The summed E-state index contributed by atoms with van der Waals surface area (Å²) in [4.78, 5) is 60.0. The van der Waals surface area contributed by atoms with Gasteiger partial charge in [-0.2, -0.15) is 0 Å². The van der Waals surface area contributed by atoms with Crippen molar-refractivity contribution in [3.63, 3.8) is 0 Å². The number of benzene rings is 4. The second-order valence-corrected chi connectivity index (χ2v) is 12.4. The molecule has 0 unspecified atom stereocenters. The molecule has 16 heteroatoms. The molecule has 4 amide bonds. The zero-order valence-electron chi connectivity index (χ0n) is 32.2. The summed E-state index contributed by atoms with van der Waals surface area (Å²) >= 11 is 0. The molecule has 0 heterocycles. The van der Waals surface area contributed by atoms with E-state index in [9.17, 15) is 24.0 Å². The van der Waals surface area contributed by atoms with Gasteiger partial charge in [-0.05, 0) is 77.3 Å². The van der Waals surface area contributed by atoms with Crippen LogP contribution in [0.25, 0.3) is 16.8 Å². The molecule has 12 N–H and O–H groups in total. The lowest BCUT2D eigenvalue weighted by Crippen LogP contribution is -2.31. The van der Waals surface area contributed by atoms with Crippen LogP contribution in [0, 0.1) is 0 Å². The second kappa shape index (κ2) is 24.2. The Balaban J connectivity index is 0.000000315. The summed E-state index contributed by atoms with van der Waals surface area (Å²) in [5.74, 6) is 0.284. The molecule has 0 aliphatic rings. The van der Waals surface area contributed by atoms with Crippen molar-refractivity contribution in [2.75, 3.05) is 58.2 Å². The van der Waals surface area contributed by atoms with E-state index < -0.39 is 18.1 Å². The first kappa shape index (κ1) is 45.1. The fourth-order valence-corrected chi connectivity index (χ4v) is 5.17. The minimum Gasteiger partial charge on any atom is -0.493 e. The van der Waals surface area contributed by atoms with Gasteiger partial charge in [0.2, 0.25) is 5.91 Å². The number of nitrogens with two attached hydrogens (primary N) is 4. The van der Waals surface area contributed by atoms with Crippen molar-refractivity contribution in [2.24, 2.45) is 22.9 Å². The van der Waals surface area contributed by atoms with E-state index in [0.717, 1.165) is 16.3 Å². The molecule has 0 saturated carbocycles. The SMILES string of the molecule is COc1cc(/C=C/C(=O)Nc2ccccc2C(=O)NCCN)ccc1OC(=O)NCCN.C[C@@H](C(=O)CCCN)c1ccc2cc(OC(=O)NCCN)ccc2c1. The molecule has 4 aromatic rings. The van der Waals surface area contributed by atoms with Crippen molar-refractivity contribution < 1.29 is 38.2 Å². The first-order chi connectivity index (χ1) is 27.5. The van der Waals surface area contributed by atoms with Crippen LogP contribution in [0.15, 0.2) is 84.9 Å². The number of nitrogens with one attached hydrogen (secondary N) is 4. The molecule has 0 aromatic heterocycles. The summed E-state index contributed by atoms with van der Waals surface area (Å²) in [6, 6.07) is 22.8. The normalized spacial score (nSPS) is 11.1. The molecule has 304 valence electrons. The molecular weight excluding hydrogens is 732 g/mol. The molecule has 0 aliphatic carbocycles. The van der Waals surface area contributed by atoms with E-state index in [1.807, 2.05) is 31.2 Å². The summed E-state index contributed by atoms with van der Waals surface area (Å²) in [6.45, 7) is 4.39. The highest BCUT2D eigenvalue weighted by Gasteiger charge is 2.16. The Kier molecular flexibility index (Phi) is 19.2. The monoisotopic (exact) mass is 784 g/mol. The van der Waals surface area contributed by atoms with E-state index in [0.29, 0.717) is 80.4 Å². The summed E-state index contributed by atoms with van der Waals surface area (Å²) < 4.78 is 15.6. The third-order valence-electron chi connectivity index (χ3n) is 8.16. The Bertz CT molecular complexity index is 2000. The number of amides is 4. The topological polar surface area (TPSA) is 265 Å². The van der Waals surface area contributed by atoms with Gasteiger partial charge in [0.25, 0.3) is 5.91 Å². The highest BCUT2D eigenvalue weighted by atomic mass is 16.6. The molecule has 0 aliphatic heterocycles. The molecule has 4 aromatic carbocycles. The Labute approximate surface area is 331 Å². The van der Waals surface area contributed by atoms with Crippen LogP contribution in [0.5, 0.6) is 17.2 Å². The highest BCUT2D eigenvalue weighted by molar-refractivity contribution is 6.07. The van der Waals surface area contributed by atoms with Crippen LogP contribution < -0.4 is 58.4 Å². The Hall–Kier alpha value is -6.33. The second-order valence-electron chi connectivity index (χ2n) is 12.4. The number of ketones is 1. The van der Waals surface area contributed by atoms with Gasteiger partial charge < -0.3 is 58.4 Å². The maximum Gasteiger partial charge on any atom is 0.412 e. The van der Waals surface area contributed by atoms with E-state index >= 15 is 0 Å². The summed E-state index contributed by atoms with van der Waals surface area (Å²) in [6.07, 6.45) is 2.92. The van der Waals surface area contributed by atoms with Gasteiger partial charge in [-0.15, -0.1) is 0 Å². The van der Waals surface area contributed by atoms with Gasteiger partial charge in [-0.1, -0.05) is 49.4 Å².